The Hall–Kier alpha value is -2.17. The zero-order valence-corrected chi connectivity index (χ0v) is 10.7. The summed E-state index contributed by atoms with van der Waals surface area (Å²) >= 11 is 0. The molecular formula is C13H17N3O2. The molecule has 0 aromatic heterocycles. The molecule has 0 heterocycles. The number of benzene rings is 1. The molecule has 0 atom stereocenters. The van der Waals surface area contributed by atoms with Crippen molar-refractivity contribution in [3.63, 3.8) is 0 Å². The topological polar surface area (TPSA) is 70.6 Å². The summed E-state index contributed by atoms with van der Waals surface area (Å²) in [6, 6.07) is 7.55. The maximum atomic E-state index is 11.3. The number of aryl methyl sites for hydroxylation is 1. The average Bonchev–Trinajstić information content (AvgIpc) is 2.30. The number of rotatable bonds is 3. The van der Waals surface area contributed by atoms with Crippen molar-refractivity contribution in [1.82, 2.24) is 10.7 Å². The van der Waals surface area contributed by atoms with E-state index in [1.54, 1.807) is 13.8 Å². The predicted molar refractivity (Wildman–Crippen MR) is 70.2 cm³/mol. The van der Waals surface area contributed by atoms with Crippen molar-refractivity contribution >= 4 is 18.0 Å². The number of carbonyl (C=O) groups excluding carboxylic acids is 2. The van der Waals surface area contributed by atoms with E-state index >= 15 is 0 Å². The molecule has 0 unspecified atom stereocenters. The van der Waals surface area contributed by atoms with Crippen molar-refractivity contribution in [3.05, 3.63) is 35.4 Å². The van der Waals surface area contributed by atoms with Crippen LogP contribution in [0.3, 0.4) is 0 Å². The minimum atomic E-state index is -0.771. The van der Waals surface area contributed by atoms with E-state index in [2.05, 4.69) is 15.8 Å². The van der Waals surface area contributed by atoms with Gasteiger partial charge in [0.1, 0.15) is 0 Å². The van der Waals surface area contributed by atoms with Gasteiger partial charge < -0.3 is 5.32 Å². The Morgan fingerprint density at radius 3 is 2.33 bits per heavy atom. The zero-order valence-electron chi connectivity index (χ0n) is 10.7. The molecule has 1 aromatic rings. The summed E-state index contributed by atoms with van der Waals surface area (Å²) in [6.45, 7) is 5.54. The molecule has 5 nitrogen and oxygen atoms in total. The van der Waals surface area contributed by atoms with Crippen molar-refractivity contribution in [2.75, 3.05) is 0 Å². The van der Waals surface area contributed by atoms with Crippen LogP contribution < -0.4 is 10.7 Å². The second-order valence-electron chi connectivity index (χ2n) is 4.24. The van der Waals surface area contributed by atoms with Gasteiger partial charge in [-0.3, -0.25) is 9.59 Å². The largest absolute Gasteiger partial charge is 0.346 e. The number of carbonyl (C=O) groups is 2. The van der Waals surface area contributed by atoms with Crippen LogP contribution in [0, 0.1) is 6.92 Å². The van der Waals surface area contributed by atoms with Crippen LogP contribution in [0.2, 0.25) is 0 Å². The third kappa shape index (κ3) is 4.78. The number of amides is 2. The van der Waals surface area contributed by atoms with Crippen LogP contribution in [-0.2, 0) is 9.59 Å². The molecule has 0 spiro atoms. The molecule has 0 fully saturated rings. The summed E-state index contributed by atoms with van der Waals surface area (Å²) in [6.07, 6.45) is 1.49. The Labute approximate surface area is 106 Å². The third-order valence-electron chi connectivity index (χ3n) is 2.08. The van der Waals surface area contributed by atoms with Gasteiger partial charge in [0.05, 0.1) is 6.21 Å². The van der Waals surface area contributed by atoms with Gasteiger partial charge >= 0.3 is 11.8 Å². The first-order chi connectivity index (χ1) is 8.49. The summed E-state index contributed by atoms with van der Waals surface area (Å²) in [5.41, 5.74) is 4.17. The molecule has 0 bridgehead atoms. The Morgan fingerprint density at radius 2 is 1.78 bits per heavy atom. The molecule has 5 heteroatoms. The van der Waals surface area contributed by atoms with Gasteiger partial charge in [-0.15, -0.1) is 0 Å². The molecule has 1 aromatic carbocycles. The molecule has 2 N–H and O–H groups in total. The highest BCUT2D eigenvalue weighted by Crippen LogP contribution is 1.99. The van der Waals surface area contributed by atoms with Crippen LogP contribution in [0.5, 0.6) is 0 Å². The van der Waals surface area contributed by atoms with Crippen LogP contribution in [0.1, 0.15) is 25.0 Å². The molecule has 0 saturated heterocycles. The fourth-order valence-corrected chi connectivity index (χ4v) is 1.20. The normalized spacial score (nSPS) is 10.7. The monoisotopic (exact) mass is 247 g/mol. The molecule has 0 saturated carbocycles. The lowest BCUT2D eigenvalue weighted by atomic mass is 10.2. The average molecular weight is 247 g/mol. The first-order valence-electron chi connectivity index (χ1n) is 5.69. The highest BCUT2D eigenvalue weighted by Gasteiger charge is 2.12. The first-order valence-corrected chi connectivity index (χ1v) is 5.69. The molecule has 18 heavy (non-hydrogen) atoms. The van der Waals surface area contributed by atoms with Gasteiger partial charge in [0, 0.05) is 6.04 Å². The maximum Gasteiger partial charge on any atom is 0.329 e. The van der Waals surface area contributed by atoms with E-state index in [1.807, 2.05) is 31.2 Å². The second-order valence-corrected chi connectivity index (χ2v) is 4.24. The van der Waals surface area contributed by atoms with Crippen molar-refractivity contribution in [2.24, 2.45) is 5.10 Å². The summed E-state index contributed by atoms with van der Waals surface area (Å²) < 4.78 is 0. The first kappa shape index (κ1) is 13.9. The van der Waals surface area contributed by atoms with Crippen molar-refractivity contribution < 1.29 is 9.59 Å². The third-order valence-corrected chi connectivity index (χ3v) is 2.08. The minimum Gasteiger partial charge on any atom is -0.346 e. The van der Waals surface area contributed by atoms with Crippen molar-refractivity contribution in [1.29, 1.82) is 0 Å². The van der Waals surface area contributed by atoms with Crippen molar-refractivity contribution in [3.8, 4) is 0 Å². The Morgan fingerprint density at radius 1 is 1.17 bits per heavy atom. The number of hydrazone groups is 1. The Bertz CT molecular complexity index is 450. The summed E-state index contributed by atoms with van der Waals surface area (Å²) in [4.78, 5) is 22.5. The molecule has 0 aliphatic heterocycles. The van der Waals surface area contributed by atoms with E-state index in [1.165, 1.54) is 6.21 Å². The number of hydrogen-bond donors (Lipinski definition) is 2. The van der Waals surface area contributed by atoms with Crippen LogP contribution in [0.15, 0.2) is 29.4 Å². The van der Waals surface area contributed by atoms with E-state index in [0.717, 1.165) is 11.1 Å². The molecule has 0 aliphatic rings. The standard InChI is InChI=1S/C13H17N3O2/c1-9(2)15-12(17)13(18)16-14-8-11-6-4-10(3)5-7-11/h4-9H,1-3H3,(H,15,17)(H,16,18)/b14-8-. The Kier molecular flexibility index (Phi) is 5.05. The predicted octanol–water partition coefficient (Wildman–Crippen LogP) is 0.970. The Balaban J connectivity index is 2.47. The van der Waals surface area contributed by atoms with Gasteiger partial charge in [-0.25, -0.2) is 5.43 Å². The summed E-state index contributed by atoms with van der Waals surface area (Å²) in [5.74, 6) is -1.46. The maximum absolute atomic E-state index is 11.3. The number of nitrogens with one attached hydrogen (secondary N) is 2. The number of hydrogen-bond acceptors (Lipinski definition) is 3. The van der Waals surface area contributed by atoms with E-state index in [9.17, 15) is 9.59 Å². The van der Waals surface area contributed by atoms with Gasteiger partial charge in [-0.2, -0.15) is 5.10 Å². The van der Waals surface area contributed by atoms with Gasteiger partial charge in [-0.05, 0) is 26.3 Å². The van der Waals surface area contributed by atoms with Crippen molar-refractivity contribution in [2.45, 2.75) is 26.8 Å². The lowest BCUT2D eigenvalue weighted by molar-refractivity contribution is -0.139. The fourth-order valence-electron chi connectivity index (χ4n) is 1.20. The smallest absolute Gasteiger partial charge is 0.329 e. The second kappa shape index (κ2) is 6.54. The van der Waals surface area contributed by atoms with Gasteiger partial charge in [0.15, 0.2) is 0 Å². The van der Waals surface area contributed by atoms with E-state index in [4.69, 9.17) is 0 Å². The minimum absolute atomic E-state index is 0.0793. The highest BCUT2D eigenvalue weighted by atomic mass is 16.2. The van der Waals surface area contributed by atoms with E-state index in [-0.39, 0.29) is 6.04 Å². The molecule has 0 aliphatic carbocycles. The summed E-state index contributed by atoms with van der Waals surface area (Å²) in [5, 5.41) is 6.19. The lowest BCUT2D eigenvalue weighted by Gasteiger charge is -2.05. The molecule has 2 amide bonds. The van der Waals surface area contributed by atoms with E-state index < -0.39 is 11.8 Å². The molecule has 96 valence electrons. The van der Waals surface area contributed by atoms with Crippen LogP contribution >= 0.6 is 0 Å². The lowest BCUT2D eigenvalue weighted by Crippen LogP contribution is -2.41. The summed E-state index contributed by atoms with van der Waals surface area (Å²) in [7, 11) is 0. The van der Waals surface area contributed by atoms with Gasteiger partial charge in [0.25, 0.3) is 0 Å². The van der Waals surface area contributed by atoms with Crippen LogP contribution in [-0.4, -0.2) is 24.1 Å². The van der Waals surface area contributed by atoms with Gasteiger partial charge in [-0.1, -0.05) is 29.8 Å². The van der Waals surface area contributed by atoms with Crippen LogP contribution in [0.4, 0.5) is 0 Å². The highest BCUT2D eigenvalue weighted by molar-refractivity contribution is 6.35. The quantitative estimate of drug-likeness (QED) is 0.474. The number of nitrogens with zero attached hydrogens (tertiary/aromatic N) is 1. The fraction of sp³-hybridized carbons (Fsp3) is 0.308. The molecule has 0 radical (unpaired) electrons. The van der Waals surface area contributed by atoms with Crippen LogP contribution in [0.25, 0.3) is 0 Å². The van der Waals surface area contributed by atoms with Gasteiger partial charge in [0.2, 0.25) is 0 Å². The molecule has 1 rings (SSSR count). The SMILES string of the molecule is Cc1ccc(/C=N\NC(=O)C(=O)NC(C)C)cc1. The van der Waals surface area contributed by atoms with E-state index in [0.29, 0.717) is 0 Å². The zero-order chi connectivity index (χ0) is 13.5. The molecular weight excluding hydrogens is 230 g/mol.